The molecule has 0 spiro atoms. The van der Waals surface area contributed by atoms with E-state index in [1.165, 1.54) is 0 Å². The topological polar surface area (TPSA) is 49.4 Å². The standard InChI is InChI=1S/C13H24N2O2/c1-9(16)10-7-6-8-15(10)12(17)11(14-5)13(2,3)4/h10-11,14H,6-8H2,1-5H3. The molecule has 0 aliphatic carbocycles. The van der Waals surface area contributed by atoms with E-state index in [1.807, 2.05) is 20.8 Å². The molecular weight excluding hydrogens is 216 g/mol. The lowest BCUT2D eigenvalue weighted by atomic mass is 9.85. The highest BCUT2D eigenvalue weighted by atomic mass is 16.2. The lowest BCUT2D eigenvalue weighted by Gasteiger charge is -2.34. The molecule has 0 saturated carbocycles. The molecule has 17 heavy (non-hydrogen) atoms. The summed E-state index contributed by atoms with van der Waals surface area (Å²) in [7, 11) is 1.80. The first-order chi connectivity index (χ1) is 7.79. The fourth-order valence-electron chi connectivity index (χ4n) is 2.55. The smallest absolute Gasteiger partial charge is 0.240 e. The van der Waals surface area contributed by atoms with Crippen molar-refractivity contribution < 1.29 is 9.59 Å². The number of nitrogens with zero attached hydrogens (tertiary/aromatic N) is 1. The highest BCUT2D eigenvalue weighted by molar-refractivity contribution is 5.90. The number of nitrogens with one attached hydrogen (secondary N) is 1. The van der Waals surface area contributed by atoms with Crippen LogP contribution in [0.2, 0.25) is 0 Å². The lowest BCUT2D eigenvalue weighted by Crippen LogP contribution is -2.54. The number of hydrogen-bond acceptors (Lipinski definition) is 3. The van der Waals surface area contributed by atoms with Gasteiger partial charge in [-0.1, -0.05) is 20.8 Å². The molecule has 4 nitrogen and oxygen atoms in total. The van der Waals surface area contributed by atoms with Crippen molar-refractivity contribution in [2.45, 2.75) is 52.6 Å². The van der Waals surface area contributed by atoms with Crippen molar-refractivity contribution in [2.75, 3.05) is 13.6 Å². The first-order valence-electron chi connectivity index (χ1n) is 6.27. The number of rotatable bonds is 3. The van der Waals surface area contributed by atoms with Crippen LogP contribution in [-0.4, -0.2) is 42.3 Å². The van der Waals surface area contributed by atoms with Crippen LogP contribution in [0.1, 0.15) is 40.5 Å². The van der Waals surface area contributed by atoms with Gasteiger partial charge in [0, 0.05) is 6.54 Å². The third-order valence-corrected chi connectivity index (χ3v) is 3.41. The van der Waals surface area contributed by atoms with Crippen LogP contribution in [0.4, 0.5) is 0 Å². The van der Waals surface area contributed by atoms with Gasteiger partial charge in [0.25, 0.3) is 0 Å². The van der Waals surface area contributed by atoms with Crippen molar-refractivity contribution in [3.8, 4) is 0 Å². The number of likely N-dealkylation sites (N-methyl/N-ethyl adjacent to an activating group) is 1. The lowest BCUT2D eigenvalue weighted by molar-refractivity contribution is -0.140. The van der Waals surface area contributed by atoms with Gasteiger partial charge in [-0.2, -0.15) is 0 Å². The summed E-state index contributed by atoms with van der Waals surface area (Å²) >= 11 is 0. The van der Waals surface area contributed by atoms with Crippen LogP contribution in [0, 0.1) is 5.41 Å². The summed E-state index contributed by atoms with van der Waals surface area (Å²) in [6.45, 7) is 8.37. The quantitative estimate of drug-likeness (QED) is 0.806. The molecule has 1 saturated heterocycles. The molecule has 1 fully saturated rings. The van der Waals surface area contributed by atoms with Gasteiger partial charge in [-0.25, -0.2) is 0 Å². The fraction of sp³-hybridized carbons (Fsp3) is 0.846. The van der Waals surface area contributed by atoms with Gasteiger partial charge in [0.05, 0.1) is 12.1 Å². The van der Waals surface area contributed by atoms with Crippen LogP contribution in [0.15, 0.2) is 0 Å². The number of hydrogen-bond donors (Lipinski definition) is 1. The molecule has 0 aromatic rings. The minimum absolute atomic E-state index is 0.0534. The van der Waals surface area contributed by atoms with Crippen LogP contribution < -0.4 is 5.32 Å². The Labute approximate surface area is 104 Å². The van der Waals surface area contributed by atoms with Crippen molar-refractivity contribution >= 4 is 11.7 Å². The second-order valence-electron chi connectivity index (χ2n) is 5.89. The predicted octanol–water partition coefficient (Wildman–Crippen LogP) is 1.20. The number of carbonyl (C=O) groups is 2. The predicted molar refractivity (Wildman–Crippen MR) is 67.7 cm³/mol. The van der Waals surface area contributed by atoms with Gasteiger partial charge in [-0.3, -0.25) is 9.59 Å². The van der Waals surface area contributed by atoms with Gasteiger partial charge in [-0.05, 0) is 32.2 Å². The van der Waals surface area contributed by atoms with Gasteiger partial charge in [-0.15, -0.1) is 0 Å². The number of Topliss-reactive ketones (excluding diaryl/α,β-unsaturated/α-hetero) is 1. The highest BCUT2D eigenvalue weighted by Crippen LogP contribution is 2.25. The summed E-state index contributed by atoms with van der Waals surface area (Å²) in [5.74, 6) is 0.150. The Morgan fingerprint density at radius 2 is 1.94 bits per heavy atom. The highest BCUT2D eigenvalue weighted by Gasteiger charge is 2.39. The monoisotopic (exact) mass is 240 g/mol. The molecule has 1 N–H and O–H groups in total. The minimum Gasteiger partial charge on any atom is -0.331 e. The molecule has 1 aliphatic heterocycles. The largest absolute Gasteiger partial charge is 0.331 e. The summed E-state index contributed by atoms with van der Waals surface area (Å²) in [5.41, 5.74) is -0.143. The Bertz CT molecular complexity index is 307. The first-order valence-corrected chi connectivity index (χ1v) is 6.27. The van der Waals surface area contributed by atoms with Crippen LogP contribution in [0.3, 0.4) is 0 Å². The fourth-order valence-corrected chi connectivity index (χ4v) is 2.55. The zero-order valence-electron chi connectivity index (χ0n) is 11.5. The van der Waals surface area contributed by atoms with E-state index in [2.05, 4.69) is 5.32 Å². The van der Waals surface area contributed by atoms with Gasteiger partial charge in [0.2, 0.25) is 5.91 Å². The minimum atomic E-state index is -0.234. The zero-order valence-corrected chi connectivity index (χ0v) is 11.5. The van der Waals surface area contributed by atoms with Crippen molar-refractivity contribution in [3.05, 3.63) is 0 Å². The molecule has 0 bridgehead atoms. The maximum Gasteiger partial charge on any atom is 0.240 e. The number of carbonyl (C=O) groups excluding carboxylic acids is 2. The summed E-state index contributed by atoms with van der Waals surface area (Å²) in [6.07, 6.45) is 1.73. The van der Waals surface area contributed by atoms with Gasteiger partial charge in [0.15, 0.2) is 5.78 Å². The zero-order chi connectivity index (χ0) is 13.2. The second-order valence-corrected chi connectivity index (χ2v) is 5.89. The molecule has 1 heterocycles. The van der Waals surface area contributed by atoms with Gasteiger partial charge < -0.3 is 10.2 Å². The van der Waals surface area contributed by atoms with E-state index in [0.29, 0.717) is 6.54 Å². The molecule has 1 aliphatic rings. The molecule has 0 aromatic carbocycles. The number of ketones is 1. The third-order valence-electron chi connectivity index (χ3n) is 3.41. The van der Waals surface area contributed by atoms with Crippen molar-refractivity contribution in [1.82, 2.24) is 10.2 Å². The van der Waals surface area contributed by atoms with Crippen molar-refractivity contribution in [3.63, 3.8) is 0 Å². The first kappa shape index (κ1) is 14.2. The van der Waals surface area contributed by atoms with Gasteiger partial charge >= 0.3 is 0 Å². The molecule has 4 heteroatoms. The van der Waals surface area contributed by atoms with E-state index in [1.54, 1.807) is 18.9 Å². The molecular formula is C13H24N2O2. The van der Waals surface area contributed by atoms with Crippen LogP contribution in [0.25, 0.3) is 0 Å². The molecule has 0 aromatic heterocycles. The van der Waals surface area contributed by atoms with E-state index >= 15 is 0 Å². The molecule has 98 valence electrons. The average Bonchev–Trinajstić information content (AvgIpc) is 2.64. The van der Waals surface area contributed by atoms with E-state index in [-0.39, 0.29) is 29.2 Å². The Morgan fingerprint density at radius 3 is 2.35 bits per heavy atom. The Morgan fingerprint density at radius 1 is 1.35 bits per heavy atom. The van der Waals surface area contributed by atoms with E-state index in [0.717, 1.165) is 12.8 Å². The number of likely N-dealkylation sites (tertiary alicyclic amines) is 1. The van der Waals surface area contributed by atoms with E-state index in [9.17, 15) is 9.59 Å². The Kier molecular flexibility index (Phi) is 4.31. The summed E-state index contributed by atoms with van der Waals surface area (Å²) in [6, 6.07) is -0.442. The van der Waals surface area contributed by atoms with Gasteiger partial charge in [0.1, 0.15) is 0 Å². The van der Waals surface area contributed by atoms with Crippen molar-refractivity contribution in [2.24, 2.45) is 5.41 Å². The van der Waals surface area contributed by atoms with E-state index in [4.69, 9.17) is 0 Å². The molecule has 2 unspecified atom stereocenters. The molecule has 1 amide bonds. The maximum absolute atomic E-state index is 12.4. The summed E-state index contributed by atoms with van der Waals surface area (Å²) in [4.78, 5) is 25.7. The Balaban J connectivity index is 2.84. The van der Waals surface area contributed by atoms with Crippen LogP contribution >= 0.6 is 0 Å². The molecule has 2 atom stereocenters. The maximum atomic E-state index is 12.4. The third kappa shape index (κ3) is 3.06. The van der Waals surface area contributed by atoms with Crippen molar-refractivity contribution in [1.29, 1.82) is 0 Å². The summed E-state index contributed by atoms with van der Waals surface area (Å²) in [5, 5.41) is 3.08. The molecule has 0 radical (unpaired) electrons. The van der Waals surface area contributed by atoms with E-state index < -0.39 is 0 Å². The second kappa shape index (κ2) is 5.17. The SMILES string of the molecule is CNC(C(=O)N1CCCC1C(C)=O)C(C)(C)C. The Hall–Kier alpha value is -0.900. The normalized spacial score (nSPS) is 22.6. The van der Waals surface area contributed by atoms with Crippen LogP contribution in [-0.2, 0) is 9.59 Å². The summed E-state index contributed by atoms with van der Waals surface area (Å²) < 4.78 is 0. The van der Waals surface area contributed by atoms with Crippen LogP contribution in [0.5, 0.6) is 0 Å². The number of amides is 1. The average molecular weight is 240 g/mol. The molecule has 1 rings (SSSR count).